The lowest BCUT2D eigenvalue weighted by molar-refractivity contribution is -0.138. The monoisotopic (exact) mass is 315 g/mol. The van der Waals surface area contributed by atoms with E-state index in [1.54, 1.807) is 0 Å². The molecule has 2 heterocycles. The van der Waals surface area contributed by atoms with Crippen LogP contribution in [-0.2, 0) is 11.2 Å². The summed E-state index contributed by atoms with van der Waals surface area (Å²) in [6, 6.07) is 12.2. The van der Waals surface area contributed by atoms with Crippen LogP contribution in [0.4, 0.5) is 5.69 Å². The lowest BCUT2D eigenvalue weighted by atomic mass is 9.97. The number of piperidine rings is 1. The molecule has 3 nitrogen and oxygen atoms in total. The molecule has 3 rings (SSSR count). The number of aliphatic carboxylic acids is 1. The number of hydrogen-bond acceptors (Lipinski definition) is 3. The third-order valence-electron chi connectivity index (χ3n) is 4.28. The summed E-state index contributed by atoms with van der Waals surface area (Å²) in [5.74, 6) is -1.19. The van der Waals surface area contributed by atoms with Gasteiger partial charge < -0.3 is 10.0 Å². The minimum Gasteiger partial charge on any atom is -0.481 e. The van der Waals surface area contributed by atoms with Crippen molar-refractivity contribution in [2.45, 2.75) is 31.6 Å². The summed E-state index contributed by atoms with van der Waals surface area (Å²) in [5.41, 5.74) is 2.34. The van der Waals surface area contributed by atoms with Crippen LogP contribution in [0.5, 0.6) is 0 Å². The Morgan fingerprint density at radius 3 is 2.45 bits per heavy atom. The van der Waals surface area contributed by atoms with Gasteiger partial charge in [-0.3, -0.25) is 4.79 Å². The first kappa shape index (κ1) is 15.1. The first-order chi connectivity index (χ1) is 10.7. The van der Waals surface area contributed by atoms with Crippen molar-refractivity contribution in [3.05, 3.63) is 52.2 Å². The van der Waals surface area contributed by atoms with E-state index in [1.165, 1.54) is 36.3 Å². The van der Waals surface area contributed by atoms with Gasteiger partial charge in [0.05, 0.1) is 5.92 Å². The summed E-state index contributed by atoms with van der Waals surface area (Å²) >= 11 is 1.52. The van der Waals surface area contributed by atoms with Gasteiger partial charge in [-0.15, -0.1) is 11.3 Å². The number of benzene rings is 1. The molecule has 1 fully saturated rings. The van der Waals surface area contributed by atoms with Gasteiger partial charge in [-0.1, -0.05) is 18.2 Å². The Hall–Kier alpha value is -1.81. The number of anilines is 1. The van der Waals surface area contributed by atoms with Crippen molar-refractivity contribution in [2.24, 2.45) is 0 Å². The zero-order valence-electron chi connectivity index (χ0n) is 12.6. The summed E-state index contributed by atoms with van der Waals surface area (Å²) in [7, 11) is 0. The van der Waals surface area contributed by atoms with Crippen LogP contribution in [0.2, 0.25) is 0 Å². The van der Waals surface area contributed by atoms with E-state index in [0.717, 1.165) is 23.5 Å². The average molecular weight is 315 g/mol. The lowest BCUT2D eigenvalue weighted by Crippen LogP contribution is -2.29. The molecule has 1 N–H and O–H groups in total. The summed E-state index contributed by atoms with van der Waals surface area (Å²) < 4.78 is 0. The maximum atomic E-state index is 11.5. The van der Waals surface area contributed by atoms with Crippen LogP contribution in [0.15, 0.2) is 41.8 Å². The van der Waals surface area contributed by atoms with E-state index < -0.39 is 11.9 Å². The second kappa shape index (κ2) is 6.97. The van der Waals surface area contributed by atoms with Crippen LogP contribution >= 0.6 is 11.3 Å². The first-order valence-corrected chi connectivity index (χ1v) is 8.72. The topological polar surface area (TPSA) is 40.5 Å². The second-order valence-electron chi connectivity index (χ2n) is 5.82. The highest BCUT2D eigenvalue weighted by Gasteiger charge is 2.21. The molecular formula is C18H21NO2S. The first-order valence-electron chi connectivity index (χ1n) is 7.84. The van der Waals surface area contributed by atoms with Gasteiger partial charge in [-0.2, -0.15) is 0 Å². The van der Waals surface area contributed by atoms with Crippen molar-refractivity contribution >= 4 is 23.0 Å². The van der Waals surface area contributed by atoms with Gasteiger partial charge >= 0.3 is 5.97 Å². The Bertz CT molecular complexity index is 601. The molecule has 4 heteroatoms. The standard InChI is InChI=1S/C18H21NO2S/c20-18(21)16(17-5-4-12-22-17)13-14-6-8-15(9-7-14)19-10-2-1-3-11-19/h4-9,12,16H,1-3,10-11,13H2,(H,20,21). The van der Waals surface area contributed by atoms with E-state index in [9.17, 15) is 9.90 Å². The number of carbonyl (C=O) groups is 1. The van der Waals surface area contributed by atoms with Crippen LogP contribution in [-0.4, -0.2) is 24.2 Å². The van der Waals surface area contributed by atoms with Gasteiger partial charge in [0.2, 0.25) is 0 Å². The minimum atomic E-state index is -0.748. The Kier molecular flexibility index (Phi) is 4.78. The van der Waals surface area contributed by atoms with Crippen LogP contribution in [0.3, 0.4) is 0 Å². The predicted molar refractivity (Wildman–Crippen MR) is 90.9 cm³/mol. The van der Waals surface area contributed by atoms with Crippen LogP contribution in [0, 0.1) is 0 Å². The zero-order valence-corrected chi connectivity index (χ0v) is 13.4. The normalized spacial score (nSPS) is 16.5. The Morgan fingerprint density at radius 2 is 1.86 bits per heavy atom. The Morgan fingerprint density at radius 1 is 1.14 bits per heavy atom. The quantitative estimate of drug-likeness (QED) is 0.901. The maximum absolute atomic E-state index is 11.5. The number of thiophene rings is 1. The van der Waals surface area contributed by atoms with E-state index in [-0.39, 0.29) is 0 Å². The molecule has 0 spiro atoms. The molecule has 1 saturated heterocycles. The molecule has 0 aliphatic carbocycles. The number of nitrogens with zero attached hydrogens (tertiary/aromatic N) is 1. The smallest absolute Gasteiger partial charge is 0.312 e. The molecule has 0 amide bonds. The fourth-order valence-corrected chi connectivity index (χ4v) is 3.85. The third-order valence-corrected chi connectivity index (χ3v) is 5.27. The molecule has 0 radical (unpaired) electrons. The van der Waals surface area contributed by atoms with E-state index in [2.05, 4.69) is 29.2 Å². The molecule has 22 heavy (non-hydrogen) atoms. The van der Waals surface area contributed by atoms with Gasteiger partial charge in [0, 0.05) is 23.7 Å². The molecule has 1 aromatic carbocycles. The largest absolute Gasteiger partial charge is 0.481 e. The number of carboxylic acids is 1. The minimum absolute atomic E-state index is 0.444. The average Bonchev–Trinajstić information content (AvgIpc) is 3.08. The van der Waals surface area contributed by atoms with Gasteiger partial charge in [0.25, 0.3) is 0 Å². The van der Waals surface area contributed by atoms with E-state index >= 15 is 0 Å². The van der Waals surface area contributed by atoms with Gasteiger partial charge in [-0.25, -0.2) is 0 Å². The fourth-order valence-electron chi connectivity index (χ4n) is 3.03. The Balaban J connectivity index is 1.70. The maximum Gasteiger partial charge on any atom is 0.312 e. The number of hydrogen-bond donors (Lipinski definition) is 1. The number of rotatable bonds is 5. The molecular weight excluding hydrogens is 294 g/mol. The van der Waals surface area contributed by atoms with Crippen molar-refractivity contribution < 1.29 is 9.90 Å². The van der Waals surface area contributed by atoms with Crippen LogP contribution in [0.1, 0.15) is 35.6 Å². The van der Waals surface area contributed by atoms with E-state index in [1.807, 2.05) is 17.5 Å². The van der Waals surface area contributed by atoms with Crippen LogP contribution in [0.25, 0.3) is 0 Å². The lowest BCUT2D eigenvalue weighted by Gasteiger charge is -2.29. The highest BCUT2D eigenvalue weighted by atomic mass is 32.1. The summed E-state index contributed by atoms with van der Waals surface area (Å²) in [6.07, 6.45) is 4.41. The molecule has 1 unspecified atom stereocenters. The van der Waals surface area contributed by atoms with Gasteiger partial charge in [0.1, 0.15) is 0 Å². The van der Waals surface area contributed by atoms with Crippen molar-refractivity contribution in [3.8, 4) is 0 Å². The Labute approximate surface area is 135 Å². The van der Waals surface area contributed by atoms with E-state index in [4.69, 9.17) is 0 Å². The second-order valence-corrected chi connectivity index (χ2v) is 6.80. The van der Waals surface area contributed by atoms with E-state index in [0.29, 0.717) is 6.42 Å². The van der Waals surface area contributed by atoms with Crippen LogP contribution < -0.4 is 4.90 Å². The molecule has 0 bridgehead atoms. The molecule has 116 valence electrons. The van der Waals surface area contributed by atoms with Gasteiger partial charge in [0.15, 0.2) is 0 Å². The molecule has 1 aliphatic heterocycles. The number of carboxylic acid groups (broad SMARTS) is 1. The van der Waals surface area contributed by atoms with Crippen molar-refractivity contribution in [1.29, 1.82) is 0 Å². The zero-order chi connectivity index (χ0) is 15.4. The SMILES string of the molecule is O=C(O)C(Cc1ccc(N2CCCCC2)cc1)c1cccs1. The van der Waals surface area contributed by atoms with Crippen molar-refractivity contribution in [2.75, 3.05) is 18.0 Å². The molecule has 1 aliphatic rings. The highest BCUT2D eigenvalue weighted by molar-refractivity contribution is 7.10. The highest BCUT2D eigenvalue weighted by Crippen LogP contribution is 2.27. The van der Waals surface area contributed by atoms with Gasteiger partial charge in [-0.05, 0) is 54.8 Å². The summed E-state index contributed by atoms with van der Waals surface area (Å²) in [6.45, 7) is 2.26. The molecule has 2 aromatic rings. The predicted octanol–water partition coefficient (Wildman–Crippen LogP) is 4.15. The van der Waals surface area contributed by atoms with Crippen molar-refractivity contribution in [1.82, 2.24) is 0 Å². The molecule has 1 aromatic heterocycles. The third kappa shape index (κ3) is 3.50. The van der Waals surface area contributed by atoms with Crippen molar-refractivity contribution in [3.63, 3.8) is 0 Å². The molecule has 0 saturated carbocycles. The fraction of sp³-hybridized carbons (Fsp3) is 0.389. The summed E-state index contributed by atoms with van der Waals surface area (Å²) in [4.78, 5) is 14.9. The summed E-state index contributed by atoms with van der Waals surface area (Å²) in [5, 5.41) is 11.4. The molecule has 1 atom stereocenters.